The van der Waals surface area contributed by atoms with Crippen molar-refractivity contribution in [3.8, 4) is 5.75 Å². The quantitative estimate of drug-likeness (QED) is 0.839. The van der Waals surface area contributed by atoms with Crippen molar-refractivity contribution in [3.63, 3.8) is 0 Å². The van der Waals surface area contributed by atoms with Gasteiger partial charge in [0.15, 0.2) is 0 Å². The van der Waals surface area contributed by atoms with Gasteiger partial charge in [-0.1, -0.05) is 12.1 Å². The topological polar surface area (TPSA) is 21.3 Å². The zero-order chi connectivity index (χ0) is 11.0. The molecule has 1 aromatic rings. The molecule has 2 fully saturated rings. The van der Waals surface area contributed by atoms with Crippen LogP contribution in [-0.4, -0.2) is 20.2 Å². The van der Waals surface area contributed by atoms with E-state index in [4.69, 9.17) is 4.74 Å². The van der Waals surface area contributed by atoms with Gasteiger partial charge in [-0.15, -0.1) is 0 Å². The number of methoxy groups -OCH3 is 1. The smallest absolute Gasteiger partial charge is 0.119 e. The summed E-state index contributed by atoms with van der Waals surface area (Å²) in [6.07, 6.45) is 4.04. The molecule has 0 aromatic heterocycles. The highest BCUT2D eigenvalue weighted by atomic mass is 16.5. The molecule has 3 rings (SSSR count). The molecule has 1 N–H and O–H groups in total. The van der Waals surface area contributed by atoms with Crippen molar-refractivity contribution in [2.75, 3.05) is 20.2 Å². The molecule has 2 heteroatoms. The maximum atomic E-state index is 5.32. The minimum atomic E-state index is 0.470. The molecular weight excluding hydrogens is 198 g/mol. The Morgan fingerprint density at radius 1 is 1.38 bits per heavy atom. The lowest BCUT2D eigenvalue weighted by Crippen LogP contribution is -2.22. The second-order valence-corrected chi connectivity index (χ2v) is 5.08. The normalized spacial score (nSPS) is 26.7. The van der Waals surface area contributed by atoms with Crippen LogP contribution in [0.3, 0.4) is 0 Å². The lowest BCUT2D eigenvalue weighted by molar-refractivity contribution is 0.407. The average Bonchev–Trinajstić information content (AvgIpc) is 2.97. The molecule has 0 bridgehead atoms. The van der Waals surface area contributed by atoms with Gasteiger partial charge in [-0.25, -0.2) is 0 Å². The number of hydrogen-bond donors (Lipinski definition) is 1. The first-order valence-corrected chi connectivity index (χ1v) is 6.20. The summed E-state index contributed by atoms with van der Waals surface area (Å²) in [6, 6.07) is 8.66. The van der Waals surface area contributed by atoms with Crippen LogP contribution in [-0.2, 0) is 5.41 Å². The first-order chi connectivity index (χ1) is 7.85. The summed E-state index contributed by atoms with van der Waals surface area (Å²) in [5, 5.41) is 3.49. The van der Waals surface area contributed by atoms with Gasteiger partial charge in [0, 0.05) is 0 Å². The van der Waals surface area contributed by atoms with E-state index >= 15 is 0 Å². The molecule has 16 heavy (non-hydrogen) atoms. The average molecular weight is 217 g/mol. The number of nitrogens with one attached hydrogen (secondary N) is 1. The van der Waals surface area contributed by atoms with Gasteiger partial charge in [0.1, 0.15) is 5.75 Å². The van der Waals surface area contributed by atoms with Crippen molar-refractivity contribution in [1.82, 2.24) is 5.32 Å². The fourth-order valence-corrected chi connectivity index (χ4v) is 3.13. The van der Waals surface area contributed by atoms with Crippen LogP contribution < -0.4 is 10.1 Å². The molecule has 1 atom stereocenters. The van der Waals surface area contributed by atoms with E-state index < -0.39 is 0 Å². The zero-order valence-corrected chi connectivity index (χ0v) is 9.83. The van der Waals surface area contributed by atoms with Gasteiger partial charge in [-0.05, 0) is 61.4 Å². The summed E-state index contributed by atoms with van der Waals surface area (Å²) < 4.78 is 5.32. The Kier molecular flexibility index (Phi) is 2.40. The molecule has 1 unspecified atom stereocenters. The van der Waals surface area contributed by atoms with E-state index in [0.29, 0.717) is 5.41 Å². The summed E-state index contributed by atoms with van der Waals surface area (Å²) in [6.45, 7) is 2.38. The molecule has 0 amide bonds. The molecule has 1 aromatic carbocycles. The highest BCUT2D eigenvalue weighted by molar-refractivity contribution is 5.38. The molecule has 2 nitrogen and oxygen atoms in total. The van der Waals surface area contributed by atoms with Crippen LogP contribution in [0.5, 0.6) is 5.75 Å². The van der Waals surface area contributed by atoms with Crippen LogP contribution in [0.25, 0.3) is 0 Å². The minimum Gasteiger partial charge on any atom is -0.497 e. The van der Waals surface area contributed by atoms with Gasteiger partial charge < -0.3 is 10.1 Å². The van der Waals surface area contributed by atoms with Gasteiger partial charge in [-0.2, -0.15) is 0 Å². The maximum absolute atomic E-state index is 5.32. The van der Waals surface area contributed by atoms with Crippen molar-refractivity contribution in [2.45, 2.75) is 24.7 Å². The largest absolute Gasteiger partial charge is 0.497 e. The lowest BCUT2D eigenvalue weighted by Gasteiger charge is -2.23. The zero-order valence-electron chi connectivity index (χ0n) is 9.83. The van der Waals surface area contributed by atoms with Crippen LogP contribution in [0.2, 0.25) is 0 Å². The molecular formula is C14H19NO. The van der Waals surface area contributed by atoms with Gasteiger partial charge >= 0.3 is 0 Å². The summed E-state index contributed by atoms with van der Waals surface area (Å²) in [5.74, 6) is 1.83. The van der Waals surface area contributed by atoms with Crippen LogP contribution >= 0.6 is 0 Å². The standard InChI is InChI=1S/C14H19NO/c1-16-13-4-2-3-11(9-13)14(6-7-14)12-5-8-15-10-12/h2-4,9,12,15H,5-8,10H2,1H3. The summed E-state index contributed by atoms with van der Waals surface area (Å²) in [4.78, 5) is 0. The number of benzene rings is 1. The predicted molar refractivity (Wildman–Crippen MR) is 64.9 cm³/mol. The van der Waals surface area contributed by atoms with E-state index in [-0.39, 0.29) is 0 Å². The third kappa shape index (κ3) is 1.52. The predicted octanol–water partition coefficient (Wildman–Crippen LogP) is 2.34. The SMILES string of the molecule is COc1cccc(C2(C3CCNC3)CC2)c1. The van der Waals surface area contributed by atoms with Crippen LogP contribution in [0.4, 0.5) is 0 Å². The Labute approximate surface area is 97.0 Å². The molecule has 1 heterocycles. The third-order valence-corrected chi connectivity index (χ3v) is 4.28. The van der Waals surface area contributed by atoms with E-state index in [1.54, 1.807) is 7.11 Å². The van der Waals surface area contributed by atoms with Crippen LogP contribution in [0, 0.1) is 5.92 Å². The van der Waals surface area contributed by atoms with Crippen LogP contribution in [0.15, 0.2) is 24.3 Å². The number of hydrogen-bond acceptors (Lipinski definition) is 2. The lowest BCUT2D eigenvalue weighted by atomic mass is 9.82. The fourth-order valence-electron chi connectivity index (χ4n) is 3.13. The number of ether oxygens (including phenoxy) is 1. The van der Waals surface area contributed by atoms with E-state index in [9.17, 15) is 0 Å². The molecule has 1 saturated heterocycles. The highest BCUT2D eigenvalue weighted by Gasteiger charge is 2.51. The molecule has 1 saturated carbocycles. The van der Waals surface area contributed by atoms with Crippen molar-refractivity contribution < 1.29 is 4.74 Å². The first kappa shape index (κ1) is 10.2. The van der Waals surface area contributed by atoms with E-state index in [1.165, 1.54) is 37.9 Å². The van der Waals surface area contributed by atoms with E-state index in [1.807, 2.05) is 6.07 Å². The molecule has 2 aliphatic rings. The minimum absolute atomic E-state index is 0.470. The van der Waals surface area contributed by atoms with Crippen molar-refractivity contribution in [2.24, 2.45) is 5.92 Å². The van der Waals surface area contributed by atoms with E-state index in [2.05, 4.69) is 23.5 Å². The Morgan fingerprint density at radius 2 is 2.25 bits per heavy atom. The van der Waals surface area contributed by atoms with Crippen LogP contribution in [0.1, 0.15) is 24.8 Å². The molecule has 1 aliphatic carbocycles. The van der Waals surface area contributed by atoms with Crippen molar-refractivity contribution in [1.29, 1.82) is 0 Å². The second-order valence-electron chi connectivity index (χ2n) is 5.08. The third-order valence-electron chi connectivity index (χ3n) is 4.28. The highest BCUT2D eigenvalue weighted by Crippen LogP contribution is 2.55. The molecule has 86 valence electrons. The Balaban J connectivity index is 1.90. The number of rotatable bonds is 3. The Morgan fingerprint density at radius 3 is 2.88 bits per heavy atom. The van der Waals surface area contributed by atoms with Gasteiger partial charge in [0.25, 0.3) is 0 Å². The fraction of sp³-hybridized carbons (Fsp3) is 0.571. The van der Waals surface area contributed by atoms with Gasteiger partial charge in [-0.3, -0.25) is 0 Å². The summed E-state index contributed by atoms with van der Waals surface area (Å²) in [5.41, 5.74) is 1.96. The van der Waals surface area contributed by atoms with Crippen molar-refractivity contribution in [3.05, 3.63) is 29.8 Å². The van der Waals surface area contributed by atoms with Gasteiger partial charge in [0.05, 0.1) is 7.11 Å². The molecule has 1 aliphatic heterocycles. The second kappa shape index (κ2) is 3.77. The molecule has 0 radical (unpaired) electrons. The summed E-state index contributed by atoms with van der Waals surface area (Å²) in [7, 11) is 1.75. The van der Waals surface area contributed by atoms with Crippen molar-refractivity contribution >= 4 is 0 Å². The summed E-state index contributed by atoms with van der Waals surface area (Å²) >= 11 is 0. The maximum Gasteiger partial charge on any atom is 0.119 e. The first-order valence-electron chi connectivity index (χ1n) is 6.20. The molecule has 0 spiro atoms. The Bertz CT molecular complexity index is 378. The van der Waals surface area contributed by atoms with E-state index in [0.717, 1.165) is 11.7 Å². The monoisotopic (exact) mass is 217 g/mol. The van der Waals surface area contributed by atoms with Gasteiger partial charge in [0.2, 0.25) is 0 Å². The Hall–Kier alpha value is -1.02.